The third kappa shape index (κ3) is 2.72. The molecule has 1 N–H and O–H groups in total. The SMILES string of the molecule is CCCNC(c1c(F)ccc(C)c1F)c1cncn1C. The topological polar surface area (TPSA) is 29.9 Å². The van der Waals surface area contributed by atoms with Crippen LogP contribution in [-0.2, 0) is 7.05 Å². The molecule has 1 aromatic carbocycles. The van der Waals surface area contributed by atoms with Gasteiger partial charge < -0.3 is 9.88 Å². The number of rotatable bonds is 5. The molecule has 0 aliphatic rings. The average molecular weight is 279 g/mol. The van der Waals surface area contributed by atoms with E-state index in [1.54, 1.807) is 24.0 Å². The van der Waals surface area contributed by atoms with Crippen molar-refractivity contribution in [3.63, 3.8) is 0 Å². The van der Waals surface area contributed by atoms with Crippen molar-refractivity contribution < 1.29 is 8.78 Å². The summed E-state index contributed by atoms with van der Waals surface area (Å²) in [6.07, 6.45) is 4.14. The number of nitrogens with zero attached hydrogens (tertiary/aromatic N) is 2. The first kappa shape index (κ1) is 14.7. The van der Waals surface area contributed by atoms with Crippen molar-refractivity contribution >= 4 is 0 Å². The molecule has 0 amide bonds. The van der Waals surface area contributed by atoms with Crippen LogP contribution in [0.5, 0.6) is 0 Å². The van der Waals surface area contributed by atoms with Gasteiger partial charge in [0.05, 0.1) is 24.3 Å². The van der Waals surface area contributed by atoms with Crippen LogP contribution in [0.3, 0.4) is 0 Å². The molecule has 1 aromatic heterocycles. The molecular formula is C15H19F2N3. The summed E-state index contributed by atoms with van der Waals surface area (Å²) in [4.78, 5) is 4.04. The standard InChI is InChI=1S/C15H19F2N3/c1-4-7-19-15(12-8-18-9-20(12)3)13-11(16)6-5-10(2)14(13)17/h5-6,8-9,15,19H,4,7H2,1-3H3. The Morgan fingerprint density at radius 2 is 2.10 bits per heavy atom. The van der Waals surface area contributed by atoms with E-state index in [0.717, 1.165) is 12.1 Å². The Hall–Kier alpha value is -1.75. The minimum absolute atomic E-state index is 0.0575. The first-order valence-corrected chi connectivity index (χ1v) is 6.70. The van der Waals surface area contributed by atoms with E-state index in [4.69, 9.17) is 0 Å². The Balaban J connectivity index is 2.52. The molecule has 2 aromatic rings. The molecule has 108 valence electrons. The van der Waals surface area contributed by atoms with Gasteiger partial charge in [0.15, 0.2) is 0 Å². The molecule has 3 nitrogen and oxygen atoms in total. The lowest BCUT2D eigenvalue weighted by Gasteiger charge is -2.21. The molecule has 2 rings (SSSR count). The van der Waals surface area contributed by atoms with Crippen LogP contribution in [-0.4, -0.2) is 16.1 Å². The number of benzene rings is 1. The summed E-state index contributed by atoms with van der Waals surface area (Å²) in [6.45, 7) is 4.32. The van der Waals surface area contributed by atoms with Crippen molar-refractivity contribution in [3.8, 4) is 0 Å². The molecule has 1 atom stereocenters. The Morgan fingerprint density at radius 3 is 2.70 bits per heavy atom. The van der Waals surface area contributed by atoms with Gasteiger partial charge in [0.25, 0.3) is 0 Å². The fourth-order valence-electron chi connectivity index (χ4n) is 2.23. The van der Waals surface area contributed by atoms with Crippen LogP contribution in [0.4, 0.5) is 8.78 Å². The Bertz CT molecular complexity index is 593. The van der Waals surface area contributed by atoms with Crippen LogP contribution in [0.15, 0.2) is 24.7 Å². The van der Waals surface area contributed by atoms with Gasteiger partial charge in [-0.1, -0.05) is 13.0 Å². The first-order chi connectivity index (χ1) is 9.56. The van der Waals surface area contributed by atoms with Crippen LogP contribution in [0.2, 0.25) is 0 Å². The second-order valence-corrected chi connectivity index (χ2v) is 4.91. The Kier molecular flexibility index (Phi) is 4.49. The molecule has 0 bridgehead atoms. The number of hydrogen-bond donors (Lipinski definition) is 1. The van der Waals surface area contributed by atoms with E-state index in [1.165, 1.54) is 12.1 Å². The highest BCUT2D eigenvalue weighted by molar-refractivity contribution is 5.34. The van der Waals surface area contributed by atoms with E-state index in [1.807, 2.05) is 14.0 Å². The largest absolute Gasteiger partial charge is 0.336 e. The van der Waals surface area contributed by atoms with Gasteiger partial charge in [0, 0.05) is 12.6 Å². The Morgan fingerprint density at radius 1 is 1.35 bits per heavy atom. The lowest BCUT2D eigenvalue weighted by molar-refractivity contribution is 0.488. The van der Waals surface area contributed by atoms with Crippen LogP contribution in [0.1, 0.15) is 36.2 Å². The molecule has 0 aliphatic heterocycles. The van der Waals surface area contributed by atoms with Gasteiger partial charge in [-0.2, -0.15) is 0 Å². The zero-order valence-corrected chi connectivity index (χ0v) is 12.0. The smallest absolute Gasteiger partial charge is 0.134 e. The number of halogens is 2. The lowest BCUT2D eigenvalue weighted by atomic mass is 10.00. The maximum Gasteiger partial charge on any atom is 0.134 e. The van der Waals surface area contributed by atoms with E-state index in [2.05, 4.69) is 10.3 Å². The molecule has 0 spiro atoms. The predicted molar refractivity (Wildman–Crippen MR) is 74.4 cm³/mol. The van der Waals surface area contributed by atoms with Gasteiger partial charge in [-0.25, -0.2) is 13.8 Å². The van der Waals surface area contributed by atoms with Crippen LogP contribution < -0.4 is 5.32 Å². The molecule has 0 saturated carbocycles. The predicted octanol–water partition coefficient (Wildman–Crippen LogP) is 3.10. The minimum atomic E-state index is -0.539. The summed E-state index contributed by atoms with van der Waals surface area (Å²) in [5, 5.41) is 3.20. The summed E-state index contributed by atoms with van der Waals surface area (Å²) in [5.74, 6) is -1.04. The number of imidazole rings is 1. The number of nitrogens with one attached hydrogen (secondary N) is 1. The van der Waals surface area contributed by atoms with E-state index < -0.39 is 17.7 Å². The van der Waals surface area contributed by atoms with Crippen molar-refractivity contribution in [3.05, 3.63) is 53.1 Å². The summed E-state index contributed by atoms with van der Waals surface area (Å²) in [6, 6.07) is 2.22. The van der Waals surface area contributed by atoms with Gasteiger partial charge >= 0.3 is 0 Å². The van der Waals surface area contributed by atoms with E-state index in [-0.39, 0.29) is 5.56 Å². The molecular weight excluding hydrogens is 260 g/mol. The van der Waals surface area contributed by atoms with E-state index in [9.17, 15) is 8.78 Å². The molecule has 0 aliphatic carbocycles. The van der Waals surface area contributed by atoms with Crippen LogP contribution in [0.25, 0.3) is 0 Å². The summed E-state index contributed by atoms with van der Waals surface area (Å²) in [7, 11) is 1.81. The van der Waals surface area contributed by atoms with Gasteiger partial charge in [-0.05, 0) is 31.5 Å². The Labute approximate surface area is 117 Å². The van der Waals surface area contributed by atoms with Crippen molar-refractivity contribution in [1.82, 2.24) is 14.9 Å². The highest BCUT2D eigenvalue weighted by Gasteiger charge is 2.24. The maximum absolute atomic E-state index is 14.4. The lowest BCUT2D eigenvalue weighted by Crippen LogP contribution is -2.27. The van der Waals surface area contributed by atoms with Crippen molar-refractivity contribution in [2.45, 2.75) is 26.3 Å². The number of hydrogen-bond acceptors (Lipinski definition) is 2. The first-order valence-electron chi connectivity index (χ1n) is 6.70. The van der Waals surface area contributed by atoms with Gasteiger partial charge in [0.1, 0.15) is 11.6 Å². The van der Waals surface area contributed by atoms with Crippen LogP contribution >= 0.6 is 0 Å². The average Bonchev–Trinajstić information content (AvgIpc) is 2.84. The third-order valence-corrected chi connectivity index (χ3v) is 3.36. The highest BCUT2D eigenvalue weighted by atomic mass is 19.1. The monoisotopic (exact) mass is 279 g/mol. The highest BCUT2D eigenvalue weighted by Crippen LogP contribution is 2.28. The van der Waals surface area contributed by atoms with E-state index >= 15 is 0 Å². The summed E-state index contributed by atoms with van der Waals surface area (Å²) < 4.78 is 30.2. The number of aromatic nitrogens is 2. The fourth-order valence-corrected chi connectivity index (χ4v) is 2.23. The quantitative estimate of drug-likeness (QED) is 0.911. The maximum atomic E-state index is 14.4. The minimum Gasteiger partial charge on any atom is -0.336 e. The van der Waals surface area contributed by atoms with Crippen molar-refractivity contribution in [1.29, 1.82) is 0 Å². The van der Waals surface area contributed by atoms with Gasteiger partial charge in [-0.15, -0.1) is 0 Å². The second-order valence-electron chi connectivity index (χ2n) is 4.91. The van der Waals surface area contributed by atoms with Crippen LogP contribution in [0, 0.1) is 18.6 Å². The summed E-state index contributed by atoms with van der Waals surface area (Å²) >= 11 is 0. The molecule has 1 unspecified atom stereocenters. The molecule has 0 saturated heterocycles. The zero-order valence-electron chi connectivity index (χ0n) is 12.0. The van der Waals surface area contributed by atoms with Gasteiger partial charge in [-0.3, -0.25) is 0 Å². The fraction of sp³-hybridized carbons (Fsp3) is 0.400. The van der Waals surface area contributed by atoms with Crippen molar-refractivity contribution in [2.75, 3.05) is 6.54 Å². The molecule has 0 radical (unpaired) electrons. The second kappa shape index (κ2) is 6.13. The molecule has 20 heavy (non-hydrogen) atoms. The molecule has 1 heterocycles. The third-order valence-electron chi connectivity index (χ3n) is 3.36. The molecule has 0 fully saturated rings. The summed E-state index contributed by atoms with van der Waals surface area (Å²) in [5.41, 5.74) is 1.23. The van der Waals surface area contributed by atoms with E-state index in [0.29, 0.717) is 12.1 Å². The van der Waals surface area contributed by atoms with Gasteiger partial charge in [0.2, 0.25) is 0 Å². The molecule has 5 heteroatoms. The normalized spacial score (nSPS) is 12.7. The number of aryl methyl sites for hydroxylation is 2. The zero-order chi connectivity index (χ0) is 14.7. The van der Waals surface area contributed by atoms with Crippen molar-refractivity contribution in [2.24, 2.45) is 7.05 Å².